The summed E-state index contributed by atoms with van der Waals surface area (Å²) in [6, 6.07) is 12.0. The summed E-state index contributed by atoms with van der Waals surface area (Å²) >= 11 is 0. The number of nitrogens with one attached hydrogen (secondary N) is 1. The molecule has 0 spiro atoms. The van der Waals surface area contributed by atoms with Crippen molar-refractivity contribution in [3.8, 4) is 0 Å². The summed E-state index contributed by atoms with van der Waals surface area (Å²) in [7, 11) is -3.61. The first-order valence-electron chi connectivity index (χ1n) is 9.06. The minimum absolute atomic E-state index is 0.211. The van der Waals surface area contributed by atoms with Gasteiger partial charge in [-0.1, -0.05) is 36.4 Å². The van der Waals surface area contributed by atoms with Crippen LogP contribution in [0.1, 0.15) is 28.6 Å². The number of tetrazole rings is 1. The third kappa shape index (κ3) is 5.91. The van der Waals surface area contributed by atoms with Crippen molar-refractivity contribution in [2.24, 2.45) is 5.14 Å². The number of aryl methyl sites for hydroxylation is 1. The van der Waals surface area contributed by atoms with Gasteiger partial charge >= 0.3 is 0 Å². The van der Waals surface area contributed by atoms with Gasteiger partial charge in [0.05, 0.1) is 5.75 Å². The van der Waals surface area contributed by atoms with Gasteiger partial charge in [0.1, 0.15) is 17.7 Å². The summed E-state index contributed by atoms with van der Waals surface area (Å²) in [6.45, 7) is 1.89. The van der Waals surface area contributed by atoms with Crippen LogP contribution in [0.3, 0.4) is 0 Å². The fourth-order valence-corrected chi connectivity index (χ4v) is 3.65. The van der Waals surface area contributed by atoms with Gasteiger partial charge in [-0.05, 0) is 46.2 Å². The lowest BCUT2D eigenvalue weighted by atomic mass is 10.0. The van der Waals surface area contributed by atoms with Crippen molar-refractivity contribution in [2.75, 3.05) is 0 Å². The molecule has 3 rings (SSSR count). The Balaban J connectivity index is 1.71. The Hall–Kier alpha value is -3.18. The van der Waals surface area contributed by atoms with Crippen molar-refractivity contribution in [3.05, 3.63) is 76.9 Å². The number of hydrogen-bond donors (Lipinski definition) is 2. The van der Waals surface area contributed by atoms with Gasteiger partial charge in [-0.25, -0.2) is 22.6 Å². The van der Waals surface area contributed by atoms with Crippen LogP contribution in [0.4, 0.5) is 4.39 Å². The number of aromatic nitrogens is 4. The first kappa shape index (κ1) is 21.5. The summed E-state index contributed by atoms with van der Waals surface area (Å²) in [4.78, 5) is 12.9. The maximum Gasteiger partial charge on any atom is 0.245 e. The Kier molecular flexibility index (Phi) is 6.53. The van der Waals surface area contributed by atoms with Gasteiger partial charge < -0.3 is 5.32 Å². The minimum atomic E-state index is -3.61. The highest BCUT2D eigenvalue weighted by atomic mass is 32.2. The number of nitrogens with two attached hydrogens (primary N) is 1. The summed E-state index contributed by atoms with van der Waals surface area (Å²) in [5.74, 6) is -0.518. The molecule has 0 radical (unpaired) electrons. The number of carbonyl (C=O) groups is 1. The fraction of sp³-hybridized carbons (Fsp3) is 0.263. The monoisotopic (exact) mass is 432 g/mol. The van der Waals surface area contributed by atoms with Crippen LogP contribution in [0.25, 0.3) is 0 Å². The molecule has 9 nitrogen and oxygen atoms in total. The SMILES string of the molecule is Cc1nnnn1C(Cc1cccc(F)c1)C(=O)NCc1ccc(CS(N)(=O)=O)cc1. The third-order valence-corrected chi connectivity index (χ3v) is 5.17. The highest BCUT2D eigenvalue weighted by Crippen LogP contribution is 2.16. The molecule has 0 aliphatic heterocycles. The highest BCUT2D eigenvalue weighted by molar-refractivity contribution is 7.88. The van der Waals surface area contributed by atoms with Gasteiger partial charge in [0.2, 0.25) is 15.9 Å². The minimum Gasteiger partial charge on any atom is -0.350 e. The van der Waals surface area contributed by atoms with Crippen LogP contribution in [-0.4, -0.2) is 34.5 Å². The van der Waals surface area contributed by atoms with E-state index in [0.29, 0.717) is 17.0 Å². The summed E-state index contributed by atoms with van der Waals surface area (Å²) in [5.41, 5.74) is 1.97. The largest absolute Gasteiger partial charge is 0.350 e. The van der Waals surface area contributed by atoms with Crippen molar-refractivity contribution in [1.29, 1.82) is 0 Å². The van der Waals surface area contributed by atoms with E-state index in [2.05, 4.69) is 20.8 Å². The van der Waals surface area contributed by atoms with Crippen LogP contribution < -0.4 is 10.5 Å². The molecule has 30 heavy (non-hydrogen) atoms. The fourth-order valence-electron chi connectivity index (χ4n) is 3.00. The topological polar surface area (TPSA) is 133 Å². The van der Waals surface area contributed by atoms with Gasteiger partial charge in [0, 0.05) is 13.0 Å². The van der Waals surface area contributed by atoms with E-state index in [1.807, 2.05) is 0 Å². The maximum absolute atomic E-state index is 13.6. The molecule has 0 fully saturated rings. The smallest absolute Gasteiger partial charge is 0.245 e. The van der Waals surface area contributed by atoms with Crippen LogP contribution in [0.5, 0.6) is 0 Å². The van der Waals surface area contributed by atoms with Gasteiger partial charge in [-0.15, -0.1) is 5.10 Å². The van der Waals surface area contributed by atoms with E-state index in [1.54, 1.807) is 43.3 Å². The molecule has 0 aliphatic rings. The van der Waals surface area contributed by atoms with E-state index in [0.717, 1.165) is 5.56 Å². The van der Waals surface area contributed by atoms with Crippen LogP contribution in [0.15, 0.2) is 48.5 Å². The lowest BCUT2D eigenvalue weighted by molar-refractivity contribution is -0.124. The van der Waals surface area contributed by atoms with Crippen molar-refractivity contribution in [1.82, 2.24) is 25.5 Å². The van der Waals surface area contributed by atoms with Gasteiger partial charge in [-0.2, -0.15) is 0 Å². The van der Waals surface area contributed by atoms with Crippen LogP contribution >= 0.6 is 0 Å². The van der Waals surface area contributed by atoms with Crippen molar-refractivity contribution >= 4 is 15.9 Å². The summed E-state index contributed by atoms with van der Waals surface area (Å²) < 4.78 is 37.3. The average Bonchev–Trinajstić information content (AvgIpc) is 3.10. The van der Waals surface area contributed by atoms with E-state index in [-0.39, 0.29) is 30.4 Å². The molecule has 158 valence electrons. The molecular formula is C19H21FN6O3S. The lowest BCUT2D eigenvalue weighted by Gasteiger charge is -2.18. The molecule has 3 N–H and O–H groups in total. The lowest BCUT2D eigenvalue weighted by Crippen LogP contribution is -2.34. The summed E-state index contributed by atoms with van der Waals surface area (Å²) in [5, 5.41) is 19.2. The van der Waals surface area contributed by atoms with Gasteiger partial charge in [0.25, 0.3) is 0 Å². The first-order valence-corrected chi connectivity index (χ1v) is 10.8. The zero-order valence-electron chi connectivity index (χ0n) is 16.2. The van der Waals surface area contributed by atoms with Gasteiger partial charge in [0.15, 0.2) is 0 Å². The number of halogens is 1. The van der Waals surface area contributed by atoms with Crippen LogP contribution in [-0.2, 0) is 33.5 Å². The number of hydrogen-bond acceptors (Lipinski definition) is 6. The number of rotatable bonds is 8. The van der Waals surface area contributed by atoms with Gasteiger partial charge in [-0.3, -0.25) is 4.79 Å². The van der Waals surface area contributed by atoms with Crippen molar-refractivity contribution in [3.63, 3.8) is 0 Å². The Morgan fingerprint density at radius 3 is 2.47 bits per heavy atom. The number of sulfonamides is 1. The highest BCUT2D eigenvalue weighted by Gasteiger charge is 2.24. The second-order valence-corrected chi connectivity index (χ2v) is 8.48. The average molecular weight is 432 g/mol. The molecule has 1 amide bonds. The van der Waals surface area contributed by atoms with E-state index in [1.165, 1.54) is 16.8 Å². The van der Waals surface area contributed by atoms with Crippen LogP contribution in [0, 0.1) is 12.7 Å². The number of primary sulfonamides is 1. The maximum atomic E-state index is 13.6. The zero-order valence-corrected chi connectivity index (χ0v) is 17.0. The number of nitrogens with zero attached hydrogens (tertiary/aromatic N) is 4. The molecule has 0 saturated carbocycles. The predicted molar refractivity (Wildman–Crippen MR) is 107 cm³/mol. The second-order valence-electron chi connectivity index (χ2n) is 6.86. The molecule has 1 heterocycles. The Morgan fingerprint density at radius 2 is 1.87 bits per heavy atom. The number of benzene rings is 2. The molecule has 0 aliphatic carbocycles. The predicted octanol–water partition coefficient (Wildman–Crippen LogP) is 1.01. The van der Waals surface area contributed by atoms with Crippen molar-refractivity contribution in [2.45, 2.75) is 31.7 Å². The third-order valence-electron chi connectivity index (χ3n) is 4.43. The zero-order chi connectivity index (χ0) is 21.7. The quantitative estimate of drug-likeness (QED) is 0.546. The molecule has 1 atom stereocenters. The Labute approximate surface area is 173 Å². The molecule has 2 aromatic carbocycles. The second kappa shape index (κ2) is 9.09. The molecule has 1 unspecified atom stereocenters. The molecule has 0 bridgehead atoms. The molecule has 3 aromatic rings. The first-order chi connectivity index (χ1) is 14.2. The molecule has 0 saturated heterocycles. The standard InChI is InChI=1S/C19H21FN6O3S/c1-13-23-24-25-26(13)18(10-16-3-2-4-17(20)9-16)19(27)22-11-14-5-7-15(8-6-14)12-30(21,28)29/h2-9,18H,10-12H2,1H3,(H,22,27)(H2,21,28,29). The number of amides is 1. The molecule has 1 aromatic heterocycles. The molecular weight excluding hydrogens is 411 g/mol. The van der Waals surface area contributed by atoms with Crippen molar-refractivity contribution < 1.29 is 17.6 Å². The van der Waals surface area contributed by atoms with E-state index in [4.69, 9.17) is 5.14 Å². The normalized spacial score (nSPS) is 12.5. The Morgan fingerprint density at radius 1 is 1.17 bits per heavy atom. The van der Waals surface area contributed by atoms with E-state index >= 15 is 0 Å². The Bertz CT molecular complexity index is 1130. The number of carbonyl (C=O) groups excluding carboxylic acids is 1. The van der Waals surface area contributed by atoms with E-state index in [9.17, 15) is 17.6 Å². The van der Waals surface area contributed by atoms with E-state index < -0.39 is 16.1 Å². The molecule has 11 heteroatoms. The van der Waals surface area contributed by atoms with Crippen LogP contribution in [0.2, 0.25) is 0 Å². The summed E-state index contributed by atoms with van der Waals surface area (Å²) in [6.07, 6.45) is 0.211.